The van der Waals surface area contributed by atoms with Crippen molar-refractivity contribution in [1.29, 1.82) is 0 Å². The molecule has 2 aromatic rings. The fraction of sp³-hybridized carbons (Fsp3) is 0.286. The van der Waals surface area contributed by atoms with Crippen molar-refractivity contribution in [2.45, 2.75) is 23.2 Å². The number of benzene rings is 1. The van der Waals surface area contributed by atoms with Crippen molar-refractivity contribution in [3.8, 4) is 11.3 Å². The van der Waals surface area contributed by atoms with E-state index in [2.05, 4.69) is 11.2 Å². The van der Waals surface area contributed by atoms with Crippen LogP contribution in [0.2, 0.25) is 0 Å². The monoisotopic (exact) mass is 259 g/mol. The number of aldehydes is 1. The van der Waals surface area contributed by atoms with Gasteiger partial charge >= 0.3 is 0 Å². The Morgan fingerprint density at radius 3 is 2.83 bits per heavy atom. The van der Waals surface area contributed by atoms with E-state index in [9.17, 15) is 4.79 Å². The number of rotatable bonds is 4. The van der Waals surface area contributed by atoms with Gasteiger partial charge in [-0.15, -0.1) is 11.8 Å². The van der Waals surface area contributed by atoms with Gasteiger partial charge in [0.05, 0.1) is 5.41 Å². The second-order valence-electron chi connectivity index (χ2n) is 4.55. The lowest BCUT2D eigenvalue weighted by Gasteiger charge is -2.09. The lowest BCUT2D eigenvalue weighted by molar-refractivity contribution is -0.109. The van der Waals surface area contributed by atoms with E-state index in [1.807, 2.05) is 24.5 Å². The normalized spacial score (nSPS) is 16.5. The third-order valence-corrected chi connectivity index (χ3v) is 4.28. The van der Waals surface area contributed by atoms with Crippen LogP contribution in [0.3, 0.4) is 0 Å². The SMILES string of the molecule is CSc1ccccc1-c1nocc1C1(C=O)CC1. The van der Waals surface area contributed by atoms with Crippen molar-refractivity contribution in [3.05, 3.63) is 36.1 Å². The molecule has 1 heterocycles. The van der Waals surface area contributed by atoms with Crippen LogP contribution in [0.5, 0.6) is 0 Å². The van der Waals surface area contributed by atoms with Gasteiger partial charge < -0.3 is 9.32 Å². The van der Waals surface area contributed by atoms with Crippen LogP contribution < -0.4 is 0 Å². The molecule has 3 rings (SSSR count). The van der Waals surface area contributed by atoms with Gasteiger partial charge in [-0.05, 0) is 25.2 Å². The van der Waals surface area contributed by atoms with Crippen molar-refractivity contribution in [2.24, 2.45) is 0 Å². The summed E-state index contributed by atoms with van der Waals surface area (Å²) in [5.74, 6) is 0. The molecule has 0 amide bonds. The van der Waals surface area contributed by atoms with Gasteiger partial charge in [-0.25, -0.2) is 0 Å². The van der Waals surface area contributed by atoms with Gasteiger partial charge in [0, 0.05) is 16.0 Å². The molecule has 0 saturated heterocycles. The number of carbonyl (C=O) groups is 1. The molecule has 1 fully saturated rings. The van der Waals surface area contributed by atoms with Gasteiger partial charge in [0.2, 0.25) is 0 Å². The van der Waals surface area contributed by atoms with Crippen LogP contribution >= 0.6 is 11.8 Å². The molecule has 1 aliphatic rings. The summed E-state index contributed by atoms with van der Waals surface area (Å²) in [7, 11) is 0. The maximum absolute atomic E-state index is 11.3. The molecule has 0 N–H and O–H groups in total. The van der Waals surface area contributed by atoms with E-state index in [4.69, 9.17) is 4.52 Å². The fourth-order valence-electron chi connectivity index (χ4n) is 2.21. The first kappa shape index (κ1) is 11.5. The lowest BCUT2D eigenvalue weighted by Crippen LogP contribution is -2.08. The summed E-state index contributed by atoms with van der Waals surface area (Å²) >= 11 is 1.67. The summed E-state index contributed by atoms with van der Waals surface area (Å²) in [6.45, 7) is 0. The van der Waals surface area contributed by atoms with Crippen LogP contribution in [0.15, 0.2) is 39.9 Å². The Hall–Kier alpha value is -1.55. The van der Waals surface area contributed by atoms with Crippen molar-refractivity contribution >= 4 is 18.0 Å². The van der Waals surface area contributed by atoms with Crippen molar-refractivity contribution < 1.29 is 9.32 Å². The summed E-state index contributed by atoms with van der Waals surface area (Å²) in [6.07, 6.45) is 6.47. The van der Waals surface area contributed by atoms with Crippen LogP contribution in [0.4, 0.5) is 0 Å². The zero-order valence-electron chi connectivity index (χ0n) is 10.1. The number of aromatic nitrogens is 1. The van der Waals surface area contributed by atoms with E-state index in [1.165, 1.54) is 0 Å². The number of hydrogen-bond acceptors (Lipinski definition) is 4. The summed E-state index contributed by atoms with van der Waals surface area (Å²) in [4.78, 5) is 12.4. The zero-order valence-corrected chi connectivity index (χ0v) is 10.9. The molecule has 4 heteroatoms. The second-order valence-corrected chi connectivity index (χ2v) is 5.40. The fourth-order valence-corrected chi connectivity index (χ4v) is 2.81. The third-order valence-electron chi connectivity index (χ3n) is 3.48. The Morgan fingerprint density at radius 2 is 2.17 bits per heavy atom. The molecule has 18 heavy (non-hydrogen) atoms. The summed E-state index contributed by atoms with van der Waals surface area (Å²) in [6, 6.07) is 8.06. The van der Waals surface area contributed by atoms with E-state index < -0.39 is 0 Å². The number of hydrogen-bond donors (Lipinski definition) is 0. The van der Waals surface area contributed by atoms with Crippen molar-refractivity contribution in [3.63, 3.8) is 0 Å². The molecular formula is C14H13NO2S. The molecule has 0 radical (unpaired) electrons. The quantitative estimate of drug-likeness (QED) is 0.624. The molecule has 0 bridgehead atoms. The minimum absolute atomic E-state index is 0.346. The lowest BCUT2D eigenvalue weighted by atomic mass is 9.95. The van der Waals surface area contributed by atoms with Crippen molar-refractivity contribution in [1.82, 2.24) is 5.16 Å². The maximum atomic E-state index is 11.3. The minimum atomic E-state index is -0.346. The predicted octanol–water partition coefficient (Wildman–Crippen LogP) is 3.29. The highest BCUT2D eigenvalue weighted by atomic mass is 32.2. The van der Waals surface area contributed by atoms with Crippen LogP contribution in [0.25, 0.3) is 11.3 Å². The molecule has 1 aliphatic carbocycles. The summed E-state index contributed by atoms with van der Waals surface area (Å²) in [5, 5.41) is 4.10. The van der Waals surface area contributed by atoms with Gasteiger partial charge in [-0.2, -0.15) is 0 Å². The van der Waals surface area contributed by atoms with Gasteiger partial charge in [0.15, 0.2) is 0 Å². The molecule has 3 nitrogen and oxygen atoms in total. The van der Waals surface area contributed by atoms with Crippen LogP contribution in [-0.2, 0) is 10.2 Å². The zero-order chi connectivity index (χ0) is 12.6. The summed E-state index contributed by atoms with van der Waals surface area (Å²) in [5.41, 5.74) is 2.44. The van der Waals surface area contributed by atoms with Crippen LogP contribution in [0.1, 0.15) is 18.4 Å². The average Bonchev–Trinajstić information content (AvgIpc) is 3.08. The number of carbonyl (C=O) groups excluding carboxylic acids is 1. The molecule has 92 valence electrons. The standard InChI is InChI=1S/C14H13NO2S/c1-18-12-5-3-2-4-10(12)13-11(8-17-15-13)14(9-16)6-7-14/h2-5,8-9H,6-7H2,1H3. The van der Waals surface area contributed by atoms with E-state index in [0.29, 0.717) is 0 Å². The van der Waals surface area contributed by atoms with Gasteiger partial charge in [0.25, 0.3) is 0 Å². The Balaban J connectivity index is 2.13. The Bertz CT molecular complexity index is 587. The highest BCUT2D eigenvalue weighted by Gasteiger charge is 2.47. The number of thioether (sulfide) groups is 1. The molecule has 0 unspecified atom stereocenters. The first-order chi connectivity index (χ1) is 8.80. The van der Waals surface area contributed by atoms with E-state index in [-0.39, 0.29) is 5.41 Å². The Labute approximate surface area is 110 Å². The highest BCUT2D eigenvalue weighted by Crippen LogP contribution is 2.50. The van der Waals surface area contributed by atoms with Crippen LogP contribution in [-0.4, -0.2) is 17.7 Å². The first-order valence-electron chi connectivity index (χ1n) is 5.85. The molecule has 1 aromatic carbocycles. The molecule has 0 atom stereocenters. The summed E-state index contributed by atoms with van der Waals surface area (Å²) < 4.78 is 5.11. The van der Waals surface area contributed by atoms with Gasteiger partial charge in [-0.1, -0.05) is 23.4 Å². The topological polar surface area (TPSA) is 43.1 Å². The van der Waals surface area contributed by atoms with E-state index >= 15 is 0 Å². The second kappa shape index (κ2) is 4.28. The maximum Gasteiger partial charge on any atom is 0.130 e. The average molecular weight is 259 g/mol. The highest BCUT2D eigenvalue weighted by molar-refractivity contribution is 7.98. The molecule has 1 saturated carbocycles. The largest absolute Gasteiger partial charge is 0.364 e. The van der Waals surface area contributed by atoms with Crippen LogP contribution in [0, 0.1) is 0 Å². The molecule has 0 spiro atoms. The molecule has 1 aromatic heterocycles. The number of nitrogens with zero attached hydrogens (tertiary/aromatic N) is 1. The molecule has 0 aliphatic heterocycles. The third kappa shape index (κ3) is 1.68. The molecular weight excluding hydrogens is 246 g/mol. The first-order valence-corrected chi connectivity index (χ1v) is 7.08. The smallest absolute Gasteiger partial charge is 0.130 e. The van der Waals surface area contributed by atoms with E-state index in [1.54, 1.807) is 18.0 Å². The van der Waals surface area contributed by atoms with Gasteiger partial charge in [0.1, 0.15) is 18.2 Å². The van der Waals surface area contributed by atoms with Gasteiger partial charge in [-0.3, -0.25) is 0 Å². The van der Waals surface area contributed by atoms with E-state index in [0.717, 1.165) is 40.8 Å². The Morgan fingerprint density at radius 1 is 1.39 bits per heavy atom. The van der Waals surface area contributed by atoms with Crippen molar-refractivity contribution in [2.75, 3.05) is 6.26 Å². The Kier molecular flexibility index (Phi) is 2.74. The minimum Gasteiger partial charge on any atom is -0.364 e. The predicted molar refractivity (Wildman–Crippen MR) is 70.7 cm³/mol.